The van der Waals surface area contributed by atoms with Crippen molar-refractivity contribution in [3.8, 4) is 50.2 Å². The first-order valence-corrected chi connectivity index (χ1v) is 22.9. The van der Waals surface area contributed by atoms with E-state index >= 15 is 0 Å². The Labute approximate surface area is 388 Å². The van der Waals surface area contributed by atoms with Crippen LogP contribution in [0, 0.1) is 0 Å². The molecule has 0 aliphatic rings. The van der Waals surface area contributed by atoms with Crippen molar-refractivity contribution < 1.29 is 4.42 Å². The summed E-state index contributed by atoms with van der Waals surface area (Å²) in [5.74, 6) is 0. The second kappa shape index (κ2) is 16.0. The summed E-state index contributed by atoms with van der Waals surface area (Å²) in [7, 11) is 0. The summed E-state index contributed by atoms with van der Waals surface area (Å²) in [6.07, 6.45) is 0. The molecular weight excluding hydrogens is 813 g/mol. The highest BCUT2D eigenvalue weighted by Crippen LogP contribution is 2.44. The number of rotatable bonds is 8. The number of para-hydroxylation sites is 5. The molecule has 0 atom stereocenters. The van der Waals surface area contributed by atoms with Gasteiger partial charge in [-0.3, -0.25) is 0 Å². The number of aromatic nitrogens is 1. The van der Waals surface area contributed by atoms with Gasteiger partial charge in [0.25, 0.3) is 0 Å². The van der Waals surface area contributed by atoms with Gasteiger partial charge in [0, 0.05) is 44.0 Å². The van der Waals surface area contributed by atoms with Crippen LogP contribution in [0.4, 0.5) is 17.1 Å². The minimum atomic E-state index is 0.886. The average molecular weight is 855 g/mol. The molecule has 0 radical (unpaired) electrons. The third kappa shape index (κ3) is 6.59. The largest absolute Gasteiger partial charge is 0.456 e. The van der Waals surface area contributed by atoms with Crippen LogP contribution in [0.5, 0.6) is 0 Å². The smallest absolute Gasteiger partial charge is 0.135 e. The number of hydrogen-bond acceptors (Lipinski definition) is 2. The van der Waals surface area contributed by atoms with E-state index < -0.39 is 0 Å². The van der Waals surface area contributed by atoms with Crippen LogP contribution in [0.25, 0.3) is 105 Å². The third-order valence-corrected chi connectivity index (χ3v) is 13.4. The second-order valence-corrected chi connectivity index (χ2v) is 17.2. The van der Waals surface area contributed by atoms with Gasteiger partial charge in [-0.25, -0.2) is 0 Å². The molecule has 13 rings (SSSR count). The zero-order valence-electron chi connectivity index (χ0n) is 36.6. The van der Waals surface area contributed by atoms with Gasteiger partial charge in [-0.15, -0.1) is 0 Å². The summed E-state index contributed by atoms with van der Waals surface area (Å²) >= 11 is 0. The number of benzene rings is 11. The van der Waals surface area contributed by atoms with Crippen molar-refractivity contribution >= 4 is 71.6 Å². The van der Waals surface area contributed by atoms with E-state index in [-0.39, 0.29) is 0 Å². The van der Waals surface area contributed by atoms with E-state index in [1.165, 1.54) is 54.8 Å². The molecule has 67 heavy (non-hydrogen) atoms. The molecule has 0 spiro atoms. The highest BCUT2D eigenvalue weighted by Gasteiger charge is 2.20. The Kier molecular flexibility index (Phi) is 9.17. The van der Waals surface area contributed by atoms with Crippen LogP contribution in [0.3, 0.4) is 0 Å². The molecule has 3 nitrogen and oxygen atoms in total. The first-order chi connectivity index (χ1) is 33.2. The summed E-state index contributed by atoms with van der Waals surface area (Å²) in [4.78, 5) is 2.39. The highest BCUT2D eigenvalue weighted by atomic mass is 16.3. The minimum absolute atomic E-state index is 0.886. The summed E-state index contributed by atoms with van der Waals surface area (Å²) in [5.41, 5.74) is 17.9. The lowest BCUT2D eigenvalue weighted by Gasteiger charge is -2.28. The van der Waals surface area contributed by atoms with Gasteiger partial charge in [-0.05, 0) is 111 Å². The molecule has 2 aromatic heterocycles. The maximum absolute atomic E-state index is 6.26. The second-order valence-electron chi connectivity index (χ2n) is 17.2. The van der Waals surface area contributed by atoms with Gasteiger partial charge < -0.3 is 13.9 Å². The van der Waals surface area contributed by atoms with E-state index in [2.05, 4.69) is 252 Å². The molecule has 13 aromatic rings. The average Bonchev–Trinajstić information content (AvgIpc) is 3.95. The van der Waals surface area contributed by atoms with Crippen LogP contribution in [0.15, 0.2) is 259 Å². The van der Waals surface area contributed by atoms with Crippen LogP contribution < -0.4 is 4.90 Å². The molecular formula is C64H42N2O. The molecule has 3 heteroatoms. The lowest BCUT2D eigenvalue weighted by atomic mass is 9.96. The molecule has 11 aromatic carbocycles. The Morgan fingerprint density at radius 3 is 1.51 bits per heavy atom. The van der Waals surface area contributed by atoms with Crippen molar-refractivity contribution in [2.24, 2.45) is 0 Å². The van der Waals surface area contributed by atoms with E-state index in [0.29, 0.717) is 0 Å². The highest BCUT2D eigenvalue weighted by molar-refractivity contribution is 6.10. The van der Waals surface area contributed by atoms with Crippen molar-refractivity contribution in [3.63, 3.8) is 0 Å². The van der Waals surface area contributed by atoms with E-state index in [1.807, 2.05) is 12.1 Å². The van der Waals surface area contributed by atoms with Crippen LogP contribution in [0.2, 0.25) is 0 Å². The van der Waals surface area contributed by atoms with Crippen molar-refractivity contribution in [1.82, 2.24) is 4.57 Å². The molecule has 0 unspecified atom stereocenters. The summed E-state index contributed by atoms with van der Waals surface area (Å²) in [5, 5.41) is 7.24. The monoisotopic (exact) mass is 854 g/mol. The third-order valence-electron chi connectivity index (χ3n) is 13.4. The summed E-state index contributed by atoms with van der Waals surface area (Å²) in [6.45, 7) is 0. The molecule has 0 aliphatic heterocycles. The molecule has 0 saturated carbocycles. The standard InChI is InChI=1S/C64H42N2O/c1-2-16-51-45(14-1)15-13-22-52(51)46-30-28-43(29-31-46)44-32-37-49(38-33-44)65(59-23-8-4-18-54(59)48-36-41-64-58(42-48)57-21-7-12-27-63(57)67-64)50-39-34-47(35-40-50)53-17-3-9-24-60(53)66-61-25-10-5-19-55(61)56-20-6-11-26-62(56)66/h1-42H. The quantitative estimate of drug-likeness (QED) is 0.152. The normalized spacial score (nSPS) is 11.6. The zero-order valence-corrected chi connectivity index (χ0v) is 36.6. The number of fused-ring (bicyclic) bond motifs is 7. The molecule has 0 amide bonds. The minimum Gasteiger partial charge on any atom is -0.456 e. The predicted molar refractivity (Wildman–Crippen MR) is 282 cm³/mol. The van der Waals surface area contributed by atoms with Crippen molar-refractivity contribution in [2.45, 2.75) is 0 Å². The van der Waals surface area contributed by atoms with Crippen LogP contribution in [-0.4, -0.2) is 4.57 Å². The zero-order chi connectivity index (χ0) is 44.3. The van der Waals surface area contributed by atoms with Gasteiger partial charge in [-0.2, -0.15) is 0 Å². The maximum Gasteiger partial charge on any atom is 0.135 e. The maximum atomic E-state index is 6.26. The Balaban J connectivity index is 0.915. The SMILES string of the molecule is c1ccc(N(c2ccc(-c3ccc(-c4cccc5ccccc45)cc3)cc2)c2ccc(-c3ccccc3-n3c4ccccc4c4ccccc43)cc2)c(-c2ccc3oc4ccccc4c3c2)c1. The Morgan fingerprint density at radius 2 is 0.776 bits per heavy atom. The van der Waals surface area contributed by atoms with E-state index in [9.17, 15) is 0 Å². The fourth-order valence-corrected chi connectivity index (χ4v) is 10.2. The first-order valence-electron chi connectivity index (χ1n) is 22.9. The van der Waals surface area contributed by atoms with Crippen LogP contribution in [0.1, 0.15) is 0 Å². The van der Waals surface area contributed by atoms with Crippen molar-refractivity contribution in [1.29, 1.82) is 0 Å². The van der Waals surface area contributed by atoms with Gasteiger partial charge in [0.05, 0.1) is 22.4 Å². The van der Waals surface area contributed by atoms with Gasteiger partial charge in [0.2, 0.25) is 0 Å². The van der Waals surface area contributed by atoms with E-state index in [0.717, 1.165) is 66.9 Å². The number of nitrogens with zero attached hydrogens (tertiary/aromatic N) is 2. The molecule has 0 N–H and O–H groups in total. The molecule has 0 bridgehead atoms. The van der Waals surface area contributed by atoms with Crippen LogP contribution >= 0.6 is 0 Å². The molecule has 0 fully saturated rings. The van der Waals surface area contributed by atoms with Crippen molar-refractivity contribution in [2.75, 3.05) is 4.90 Å². The fourth-order valence-electron chi connectivity index (χ4n) is 10.2. The molecule has 314 valence electrons. The van der Waals surface area contributed by atoms with Gasteiger partial charge in [0.1, 0.15) is 11.2 Å². The van der Waals surface area contributed by atoms with Gasteiger partial charge in [0.15, 0.2) is 0 Å². The summed E-state index contributed by atoms with van der Waals surface area (Å²) in [6, 6.07) is 92.0. The molecule has 0 saturated heterocycles. The van der Waals surface area contributed by atoms with E-state index in [1.54, 1.807) is 0 Å². The van der Waals surface area contributed by atoms with Gasteiger partial charge in [-0.1, -0.05) is 188 Å². The number of anilines is 3. The lowest BCUT2D eigenvalue weighted by Crippen LogP contribution is -2.11. The fraction of sp³-hybridized carbons (Fsp3) is 0. The topological polar surface area (TPSA) is 21.3 Å². The number of hydrogen-bond donors (Lipinski definition) is 0. The first kappa shape index (κ1) is 38.5. The Morgan fingerprint density at radius 1 is 0.299 bits per heavy atom. The van der Waals surface area contributed by atoms with Crippen LogP contribution in [-0.2, 0) is 0 Å². The lowest BCUT2D eigenvalue weighted by molar-refractivity contribution is 0.669. The predicted octanol–water partition coefficient (Wildman–Crippen LogP) is 18.0. The molecule has 0 aliphatic carbocycles. The number of furan rings is 1. The van der Waals surface area contributed by atoms with Crippen molar-refractivity contribution in [3.05, 3.63) is 255 Å². The van der Waals surface area contributed by atoms with Gasteiger partial charge >= 0.3 is 0 Å². The Hall–Kier alpha value is -8.92. The Bertz CT molecular complexity index is 3910. The molecule has 2 heterocycles. The summed E-state index contributed by atoms with van der Waals surface area (Å²) < 4.78 is 8.68. The van der Waals surface area contributed by atoms with E-state index in [4.69, 9.17) is 4.42 Å².